The number of aryl methyl sites for hydroxylation is 1. The summed E-state index contributed by atoms with van der Waals surface area (Å²) in [6, 6.07) is 9.55. The maximum Gasteiger partial charge on any atom is 0.240 e. The zero-order valence-electron chi connectivity index (χ0n) is 15.9. The molecule has 8 heteroatoms. The number of rotatable bonds is 9. The third-order valence-electron chi connectivity index (χ3n) is 4.02. The molecule has 0 spiro atoms. The molecular formula is C19H25NO6S. The van der Waals surface area contributed by atoms with Crippen molar-refractivity contribution in [2.75, 3.05) is 27.4 Å². The molecular weight excluding hydrogens is 370 g/mol. The zero-order chi connectivity index (χ0) is 20.0. The van der Waals surface area contributed by atoms with E-state index in [-0.39, 0.29) is 11.4 Å². The van der Waals surface area contributed by atoms with E-state index in [2.05, 4.69) is 4.72 Å². The van der Waals surface area contributed by atoms with Gasteiger partial charge in [0.05, 0.1) is 31.8 Å². The summed E-state index contributed by atoms with van der Waals surface area (Å²) >= 11 is 0. The first kappa shape index (κ1) is 21.0. The molecule has 0 heterocycles. The van der Waals surface area contributed by atoms with Crippen molar-refractivity contribution in [3.63, 3.8) is 0 Å². The number of aliphatic hydroxyl groups is 1. The number of benzene rings is 2. The smallest absolute Gasteiger partial charge is 0.240 e. The van der Waals surface area contributed by atoms with Crippen LogP contribution in [0.2, 0.25) is 0 Å². The summed E-state index contributed by atoms with van der Waals surface area (Å²) < 4.78 is 43.2. The first-order valence-electron chi connectivity index (χ1n) is 8.45. The second-order valence-electron chi connectivity index (χ2n) is 5.84. The zero-order valence-corrected chi connectivity index (χ0v) is 16.7. The normalized spacial score (nSPS) is 12.5. The molecule has 0 aromatic heterocycles. The monoisotopic (exact) mass is 395 g/mol. The van der Waals surface area contributed by atoms with Crippen LogP contribution in [0.3, 0.4) is 0 Å². The van der Waals surface area contributed by atoms with E-state index in [9.17, 15) is 13.5 Å². The average molecular weight is 395 g/mol. The Labute approximate surface area is 159 Å². The van der Waals surface area contributed by atoms with Crippen molar-refractivity contribution in [3.05, 3.63) is 47.5 Å². The van der Waals surface area contributed by atoms with Gasteiger partial charge in [-0.2, -0.15) is 0 Å². The Kier molecular flexibility index (Phi) is 7.06. The van der Waals surface area contributed by atoms with Gasteiger partial charge in [0.2, 0.25) is 10.0 Å². The highest BCUT2D eigenvalue weighted by Crippen LogP contribution is 2.30. The van der Waals surface area contributed by atoms with Crippen LogP contribution in [0.25, 0.3) is 0 Å². The van der Waals surface area contributed by atoms with Gasteiger partial charge in [-0.25, -0.2) is 13.1 Å². The Hall–Kier alpha value is -2.29. The predicted octanol–water partition coefficient (Wildman–Crippen LogP) is 2.42. The Morgan fingerprint density at radius 1 is 1.04 bits per heavy atom. The lowest BCUT2D eigenvalue weighted by atomic mass is 10.1. The number of sulfonamides is 1. The molecule has 0 saturated heterocycles. The van der Waals surface area contributed by atoms with Gasteiger partial charge in [-0.3, -0.25) is 0 Å². The summed E-state index contributed by atoms with van der Waals surface area (Å²) in [5.74, 6) is 1.62. The summed E-state index contributed by atoms with van der Waals surface area (Å²) in [5.41, 5.74) is 1.23. The second-order valence-corrected chi connectivity index (χ2v) is 7.61. The van der Waals surface area contributed by atoms with E-state index in [1.807, 2.05) is 6.92 Å². The fourth-order valence-corrected chi connectivity index (χ4v) is 3.68. The highest BCUT2D eigenvalue weighted by atomic mass is 32.2. The lowest BCUT2D eigenvalue weighted by Crippen LogP contribution is -2.28. The minimum absolute atomic E-state index is 0.114. The molecule has 0 saturated carbocycles. The van der Waals surface area contributed by atoms with Crippen LogP contribution in [-0.2, 0) is 10.0 Å². The molecule has 1 atom stereocenters. The molecule has 1 unspecified atom stereocenters. The summed E-state index contributed by atoms with van der Waals surface area (Å²) in [7, 11) is -0.762. The summed E-state index contributed by atoms with van der Waals surface area (Å²) in [5, 5.41) is 10.3. The van der Waals surface area contributed by atoms with Crippen molar-refractivity contribution >= 4 is 10.0 Å². The fraction of sp³-hybridized carbons (Fsp3) is 0.368. The van der Waals surface area contributed by atoms with Crippen LogP contribution in [0.1, 0.15) is 24.2 Å². The van der Waals surface area contributed by atoms with Gasteiger partial charge >= 0.3 is 0 Å². The number of ether oxygens (including phenoxy) is 3. The van der Waals surface area contributed by atoms with Gasteiger partial charge in [-0.15, -0.1) is 0 Å². The van der Waals surface area contributed by atoms with Gasteiger partial charge < -0.3 is 19.3 Å². The fourth-order valence-electron chi connectivity index (χ4n) is 2.56. The molecule has 7 nitrogen and oxygen atoms in total. The van der Waals surface area contributed by atoms with Crippen LogP contribution in [0.4, 0.5) is 0 Å². The van der Waals surface area contributed by atoms with Crippen molar-refractivity contribution in [1.29, 1.82) is 0 Å². The maximum absolute atomic E-state index is 12.5. The van der Waals surface area contributed by atoms with Crippen molar-refractivity contribution in [3.8, 4) is 17.2 Å². The Bertz CT molecular complexity index is 882. The minimum atomic E-state index is -3.77. The third-order valence-corrected chi connectivity index (χ3v) is 5.44. The molecule has 148 valence electrons. The lowest BCUT2D eigenvalue weighted by Gasteiger charge is -2.15. The van der Waals surface area contributed by atoms with Gasteiger partial charge in [0.25, 0.3) is 0 Å². The standard InChI is InChI=1S/C19H25NO6S/c1-5-26-17-9-7-15(10-13(17)2)27(22,23)20-12-16(21)14-6-8-18(24-3)19(11-14)25-4/h6-11,16,20-21H,5,12H2,1-4H3. The van der Waals surface area contributed by atoms with Crippen LogP contribution in [0.5, 0.6) is 17.2 Å². The SMILES string of the molecule is CCOc1ccc(S(=O)(=O)NCC(O)c2ccc(OC)c(OC)c2)cc1C. The molecule has 0 aliphatic carbocycles. The van der Waals surface area contributed by atoms with E-state index in [4.69, 9.17) is 14.2 Å². The van der Waals surface area contributed by atoms with Crippen LogP contribution in [-0.4, -0.2) is 40.9 Å². The van der Waals surface area contributed by atoms with Gasteiger partial charge in [-0.1, -0.05) is 6.07 Å². The molecule has 0 bridgehead atoms. The molecule has 27 heavy (non-hydrogen) atoms. The number of methoxy groups -OCH3 is 2. The second kappa shape index (κ2) is 9.07. The Morgan fingerprint density at radius 2 is 1.70 bits per heavy atom. The number of hydrogen-bond acceptors (Lipinski definition) is 6. The van der Waals surface area contributed by atoms with Gasteiger partial charge in [-0.05, 0) is 55.3 Å². The highest BCUT2D eigenvalue weighted by Gasteiger charge is 2.19. The average Bonchev–Trinajstić information content (AvgIpc) is 2.67. The Balaban J connectivity index is 2.11. The van der Waals surface area contributed by atoms with Crippen molar-refractivity contribution in [2.24, 2.45) is 0 Å². The maximum atomic E-state index is 12.5. The first-order valence-corrected chi connectivity index (χ1v) is 9.93. The molecule has 0 aliphatic heterocycles. The van der Waals surface area contributed by atoms with Crippen molar-refractivity contribution in [2.45, 2.75) is 24.8 Å². The molecule has 2 aromatic carbocycles. The van der Waals surface area contributed by atoms with Crippen molar-refractivity contribution < 1.29 is 27.7 Å². The highest BCUT2D eigenvalue weighted by molar-refractivity contribution is 7.89. The molecule has 2 N–H and O–H groups in total. The molecule has 2 aromatic rings. The van der Waals surface area contributed by atoms with Gasteiger partial charge in [0, 0.05) is 6.54 Å². The third kappa shape index (κ3) is 5.12. The van der Waals surface area contributed by atoms with Gasteiger partial charge in [0.15, 0.2) is 11.5 Å². The van der Waals surface area contributed by atoms with E-state index in [1.54, 1.807) is 31.2 Å². The van der Waals surface area contributed by atoms with Crippen LogP contribution in [0.15, 0.2) is 41.3 Å². The van der Waals surface area contributed by atoms with Crippen molar-refractivity contribution in [1.82, 2.24) is 4.72 Å². The largest absolute Gasteiger partial charge is 0.494 e. The molecule has 0 aliphatic rings. The number of hydrogen-bond donors (Lipinski definition) is 2. The molecule has 0 fully saturated rings. The Morgan fingerprint density at radius 3 is 2.30 bits per heavy atom. The quantitative estimate of drug-likeness (QED) is 0.677. The van der Waals surface area contributed by atoms with Gasteiger partial charge in [0.1, 0.15) is 5.75 Å². The number of aliphatic hydroxyl groups excluding tert-OH is 1. The molecule has 0 amide bonds. The van der Waals surface area contributed by atoms with E-state index >= 15 is 0 Å². The predicted molar refractivity (Wildman–Crippen MR) is 102 cm³/mol. The first-order chi connectivity index (χ1) is 12.8. The summed E-state index contributed by atoms with van der Waals surface area (Å²) in [4.78, 5) is 0.114. The summed E-state index contributed by atoms with van der Waals surface area (Å²) in [6.07, 6.45) is -1.04. The topological polar surface area (TPSA) is 94.1 Å². The summed E-state index contributed by atoms with van der Waals surface area (Å²) in [6.45, 7) is 3.97. The van der Waals surface area contributed by atoms with E-state index < -0.39 is 16.1 Å². The molecule has 0 radical (unpaired) electrons. The van der Waals surface area contributed by atoms with Crippen LogP contribution < -0.4 is 18.9 Å². The number of nitrogens with one attached hydrogen (secondary N) is 1. The minimum Gasteiger partial charge on any atom is -0.494 e. The van der Waals surface area contributed by atoms with Crippen LogP contribution in [0, 0.1) is 6.92 Å². The van der Waals surface area contributed by atoms with E-state index in [1.165, 1.54) is 26.4 Å². The lowest BCUT2D eigenvalue weighted by molar-refractivity contribution is 0.181. The van der Waals surface area contributed by atoms with E-state index in [0.29, 0.717) is 29.4 Å². The molecule has 2 rings (SSSR count). The van der Waals surface area contributed by atoms with Crippen LogP contribution >= 0.6 is 0 Å². The van der Waals surface area contributed by atoms with E-state index in [0.717, 1.165) is 5.56 Å².